The van der Waals surface area contributed by atoms with Crippen LogP contribution in [0.2, 0.25) is 10.0 Å². The smallest absolute Gasteiger partial charge is 0.176 e. The van der Waals surface area contributed by atoms with Gasteiger partial charge in [-0.2, -0.15) is 0 Å². The van der Waals surface area contributed by atoms with Crippen molar-refractivity contribution < 1.29 is 10.2 Å². The van der Waals surface area contributed by atoms with E-state index in [0.29, 0.717) is 11.4 Å². The summed E-state index contributed by atoms with van der Waals surface area (Å²) in [6.07, 6.45) is 0.714. The van der Waals surface area contributed by atoms with Crippen LogP contribution in [0.4, 0.5) is 0 Å². The number of phenols is 2. The van der Waals surface area contributed by atoms with E-state index in [0.717, 1.165) is 29.8 Å². The van der Waals surface area contributed by atoms with Gasteiger partial charge in [-0.05, 0) is 47.9 Å². The second-order valence-electron chi connectivity index (χ2n) is 5.18. The Kier molecular flexibility index (Phi) is 3.98. The van der Waals surface area contributed by atoms with Gasteiger partial charge in [0.05, 0.1) is 5.02 Å². The number of fused-ring (bicyclic) bond motifs is 1. The van der Waals surface area contributed by atoms with Gasteiger partial charge in [0, 0.05) is 17.5 Å². The second-order valence-corrected chi connectivity index (χ2v) is 6.00. The minimum absolute atomic E-state index is 0.0590. The fraction of sp³-hybridized carbons (Fsp3) is 0.250. The van der Waals surface area contributed by atoms with Gasteiger partial charge >= 0.3 is 0 Å². The Labute approximate surface area is 133 Å². The first-order valence-electron chi connectivity index (χ1n) is 6.77. The average molecular weight is 324 g/mol. The molecule has 0 aromatic heterocycles. The number of nitrogens with one attached hydrogen (secondary N) is 1. The van der Waals surface area contributed by atoms with E-state index < -0.39 is 0 Å². The Hall–Kier alpha value is -1.42. The zero-order valence-corrected chi connectivity index (χ0v) is 12.7. The molecule has 0 bridgehead atoms. The quantitative estimate of drug-likeness (QED) is 0.702. The van der Waals surface area contributed by atoms with Crippen molar-refractivity contribution in [2.45, 2.75) is 12.3 Å². The first-order valence-corrected chi connectivity index (χ1v) is 7.53. The van der Waals surface area contributed by atoms with Gasteiger partial charge in [-0.15, -0.1) is 0 Å². The molecule has 0 saturated heterocycles. The van der Waals surface area contributed by atoms with Gasteiger partial charge in [0.15, 0.2) is 11.5 Å². The molecule has 3 rings (SSSR count). The minimum Gasteiger partial charge on any atom is -0.504 e. The third kappa shape index (κ3) is 2.69. The molecule has 1 aliphatic rings. The third-order valence-electron chi connectivity index (χ3n) is 3.90. The third-order valence-corrected chi connectivity index (χ3v) is 4.56. The van der Waals surface area contributed by atoms with Crippen LogP contribution in [0.15, 0.2) is 30.3 Å². The van der Waals surface area contributed by atoms with Crippen LogP contribution in [0.3, 0.4) is 0 Å². The van der Waals surface area contributed by atoms with E-state index in [-0.39, 0.29) is 22.4 Å². The summed E-state index contributed by atoms with van der Waals surface area (Å²) in [5, 5.41) is 24.0. The molecule has 0 saturated carbocycles. The normalized spacial score (nSPS) is 18.1. The number of halogens is 2. The van der Waals surface area contributed by atoms with Crippen molar-refractivity contribution in [2.75, 3.05) is 13.1 Å². The van der Waals surface area contributed by atoms with E-state index in [2.05, 4.69) is 5.32 Å². The van der Waals surface area contributed by atoms with Crippen LogP contribution in [0, 0.1) is 0 Å². The molecule has 0 spiro atoms. The molecule has 1 aliphatic heterocycles. The van der Waals surface area contributed by atoms with Crippen molar-refractivity contribution in [1.82, 2.24) is 5.32 Å². The highest BCUT2D eigenvalue weighted by atomic mass is 35.5. The average Bonchev–Trinajstić information content (AvgIpc) is 2.68. The summed E-state index contributed by atoms with van der Waals surface area (Å²) >= 11 is 12.2. The van der Waals surface area contributed by atoms with Gasteiger partial charge < -0.3 is 15.5 Å². The van der Waals surface area contributed by atoms with E-state index >= 15 is 0 Å². The number of rotatable bonds is 1. The molecule has 0 unspecified atom stereocenters. The molecule has 1 atom stereocenters. The van der Waals surface area contributed by atoms with Crippen molar-refractivity contribution in [3.63, 3.8) is 0 Å². The van der Waals surface area contributed by atoms with E-state index in [1.165, 1.54) is 0 Å². The van der Waals surface area contributed by atoms with Gasteiger partial charge in [0.1, 0.15) is 0 Å². The molecule has 0 aliphatic carbocycles. The highest BCUT2D eigenvalue weighted by Gasteiger charge is 2.25. The number of hydrogen-bond acceptors (Lipinski definition) is 3. The molecule has 3 nitrogen and oxygen atoms in total. The van der Waals surface area contributed by atoms with Crippen LogP contribution in [0.5, 0.6) is 11.5 Å². The number of benzene rings is 2. The molecule has 21 heavy (non-hydrogen) atoms. The molecule has 2 aromatic rings. The fourth-order valence-electron chi connectivity index (χ4n) is 2.81. The first kappa shape index (κ1) is 14.5. The van der Waals surface area contributed by atoms with E-state index in [1.54, 1.807) is 6.07 Å². The van der Waals surface area contributed by atoms with Gasteiger partial charge in [0.2, 0.25) is 0 Å². The Morgan fingerprint density at radius 3 is 2.52 bits per heavy atom. The largest absolute Gasteiger partial charge is 0.504 e. The maximum atomic E-state index is 9.88. The standard InChI is InChI=1S/C16H15Cl2NO2/c17-10-3-1-9(2-4-10)13-8-19-6-5-11-12(13)7-14(20)16(21)15(11)18/h1-4,7,13,19-21H,5-6,8H2/t13-/m0/s1. The minimum atomic E-state index is -0.243. The summed E-state index contributed by atoms with van der Waals surface area (Å²) in [6, 6.07) is 9.26. The SMILES string of the molecule is Oc1cc2c(c(Cl)c1O)CCNC[C@H]2c1ccc(Cl)cc1. The van der Waals surface area contributed by atoms with Gasteiger partial charge in [-0.3, -0.25) is 0 Å². The molecular weight excluding hydrogens is 309 g/mol. The molecule has 110 valence electrons. The molecular formula is C16H15Cl2NO2. The van der Waals surface area contributed by atoms with Crippen LogP contribution in [0.25, 0.3) is 0 Å². The van der Waals surface area contributed by atoms with Crippen LogP contribution < -0.4 is 5.32 Å². The predicted molar refractivity (Wildman–Crippen MR) is 84.7 cm³/mol. The topological polar surface area (TPSA) is 52.5 Å². The number of hydrogen-bond donors (Lipinski definition) is 3. The monoisotopic (exact) mass is 323 g/mol. The van der Waals surface area contributed by atoms with Crippen molar-refractivity contribution in [1.29, 1.82) is 0 Å². The lowest BCUT2D eigenvalue weighted by Gasteiger charge is -2.20. The Morgan fingerprint density at radius 2 is 1.81 bits per heavy atom. The van der Waals surface area contributed by atoms with Crippen LogP contribution in [0.1, 0.15) is 22.6 Å². The first-order chi connectivity index (χ1) is 10.1. The molecule has 1 heterocycles. The molecule has 2 aromatic carbocycles. The van der Waals surface area contributed by atoms with Crippen molar-refractivity contribution in [2.24, 2.45) is 0 Å². The molecule has 0 fully saturated rings. The zero-order chi connectivity index (χ0) is 15.0. The predicted octanol–water partition coefficient (Wildman–Crippen LogP) is 3.68. The molecule has 3 N–H and O–H groups in total. The summed E-state index contributed by atoms with van der Waals surface area (Å²) < 4.78 is 0. The van der Waals surface area contributed by atoms with Crippen LogP contribution >= 0.6 is 23.2 Å². The van der Waals surface area contributed by atoms with Crippen molar-refractivity contribution >= 4 is 23.2 Å². The number of phenolic OH excluding ortho intramolecular Hbond substituents is 2. The molecule has 0 amide bonds. The van der Waals surface area contributed by atoms with Crippen molar-refractivity contribution in [3.8, 4) is 11.5 Å². The highest BCUT2D eigenvalue weighted by Crippen LogP contribution is 2.42. The lowest BCUT2D eigenvalue weighted by molar-refractivity contribution is 0.402. The maximum Gasteiger partial charge on any atom is 0.176 e. The van der Waals surface area contributed by atoms with Crippen LogP contribution in [-0.4, -0.2) is 23.3 Å². The zero-order valence-electron chi connectivity index (χ0n) is 11.2. The van der Waals surface area contributed by atoms with Crippen molar-refractivity contribution in [3.05, 3.63) is 57.1 Å². The molecule has 5 heteroatoms. The summed E-state index contributed by atoms with van der Waals surface area (Å²) in [6.45, 7) is 1.52. The maximum absolute atomic E-state index is 9.88. The summed E-state index contributed by atoms with van der Waals surface area (Å²) in [4.78, 5) is 0. The van der Waals surface area contributed by atoms with E-state index in [4.69, 9.17) is 23.2 Å². The summed E-state index contributed by atoms with van der Waals surface area (Å²) in [5.74, 6) is -0.365. The highest BCUT2D eigenvalue weighted by molar-refractivity contribution is 6.33. The lowest BCUT2D eigenvalue weighted by atomic mass is 9.87. The van der Waals surface area contributed by atoms with E-state index in [1.807, 2.05) is 24.3 Å². The Bertz CT molecular complexity index is 671. The fourth-order valence-corrected chi connectivity index (χ4v) is 3.24. The van der Waals surface area contributed by atoms with E-state index in [9.17, 15) is 10.2 Å². The summed E-state index contributed by atoms with van der Waals surface area (Å²) in [5.41, 5.74) is 2.93. The number of aromatic hydroxyl groups is 2. The van der Waals surface area contributed by atoms with Gasteiger partial charge in [-0.1, -0.05) is 35.3 Å². The second kappa shape index (κ2) is 5.76. The molecule has 0 radical (unpaired) electrons. The van der Waals surface area contributed by atoms with Gasteiger partial charge in [-0.25, -0.2) is 0 Å². The Morgan fingerprint density at radius 1 is 1.10 bits per heavy atom. The van der Waals surface area contributed by atoms with Gasteiger partial charge in [0.25, 0.3) is 0 Å². The Balaban J connectivity index is 2.14. The van der Waals surface area contributed by atoms with Crippen LogP contribution in [-0.2, 0) is 6.42 Å². The lowest BCUT2D eigenvalue weighted by Crippen LogP contribution is -2.20. The summed E-state index contributed by atoms with van der Waals surface area (Å²) in [7, 11) is 0.